The van der Waals surface area contributed by atoms with Crippen LogP contribution >= 0.6 is 0 Å². The standard InChI is InChI=1S/C13H16O2/c1-9(14)8-12-4-6-13(7-5-12)10(2)11(3)15/h4-7,15H,8H2,1-3H3. The summed E-state index contributed by atoms with van der Waals surface area (Å²) < 4.78 is 0. The minimum atomic E-state index is 0.161. The molecule has 0 unspecified atom stereocenters. The second kappa shape index (κ2) is 4.78. The van der Waals surface area contributed by atoms with Gasteiger partial charge in [0.15, 0.2) is 0 Å². The Morgan fingerprint density at radius 2 is 1.67 bits per heavy atom. The number of benzene rings is 1. The van der Waals surface area contributed by atoms with Gasteiger partial charge in [0.05, 0.1) is 5.76 Å². The van der Waals surface area contributed by atoms with E-state index in [9.17, 15) is 9.90 Å². The van der Waals surface area contributed by atoms with Gasteiger partial charge in [-0.05, 0) is 37.5 Å². The number of hydrogen-bond donors (Lipinski definition) is 1. The summed E-state index contributed by atoms with van der Waals surface area (Å²) in [5.74, 6) is 0.489. The molecule has 0 saturated carbocycles. The van der Waals surface area contributed by atoms with E-state index in [-0.39, 0.29) is 5.78 Å². The van der Waals surface area contributed by atoms with Gasteiger partial charge in [-0.25, -0.2) is 0 Å². The van der Waals surface area contributed by atoms with E-state index in [1.54, 1.807) is 13.8 Å². The first kappa shape index (κ1) is 11.5. The van der Waals surface area contributed by atoms with Crippen molar-refractivity contribution in [3.8, 4) is 0 Å². The molecule has 2 heteroatoms. The zero-order valence-corrected chi connectivity index (χ0v) is 9.37. The highest BCUT2D eigenvalue weighted by Gasteiger charge is 2.01. The molecule has 0 radical (unpaired) electrons. The maximum Gasteiger partial charge on any atom is 0.134 e. The Morgan fingerprint density at radius 1 is 1.13 bits per heavy atom. The van der Waals surface area contributed by atoms with E-state index in [2.05, 4.69) is 0 Å². The molecule has 1 aromatic rings. The lowest BCUT2D eigenvalue weighted by Crippen LogP contribution is -1.96. The summed E-state index contributed by atoms with van der Waals surface area (Å²) in [5, 5.41) is 9.31. The normalized spacial score (nSPS) is 12.2. The number of aliphatic hydroxyl groups excluding tert-OH is 1. The van der Waals surface area contributed by atoms with E-state index >= 15 is 0 Å². The molecular weight excluding hydrogens is 188 g/mol. The van der Waals surface area contributed by atoms with Crippen LogP contribution in [0.4, 0.5) is 0 Å². The van der Waals surface area contributed by atoms with Crippen molar-refractivity contribution in [1.29, 1.82) is 0 Å². The predicted molar refractivity (Wildman–Crippen MR) is 61.7 cm³/mol. The SMILES string of the molecule is CC(=O)Cc1ccc(C(C)=C(C)O)cc1. The van der Waals surface area contributed by atoms with E-state index in [4.69, 9.17) is 0 Å². The first-order chi connectivity index (χ1) is 7.00. The number of ketones is 1. The fraction of sp³-hybridized carbons (Fsp3) is 0.308. The third-order valence-corrected chi connectivity index (χ3v) is 2.38. The third kappa shape index (κ3) is 3.24. The quantitative estimate of drug-likeness (QED) is 0.768. The summed E-state index contributed by atoms with van der Waals surface area (Å²) >= 11 is 0. The molecule has 0 saturated heterocycles. The van der Waals surface area contributed by atoms with Crippen molar-refractivity contribution in [2.75, 3.05) is 0 Å². The third-order valence-electron chi connectivity index (χ3n) is 2.38. The average Bonchev–Trinajstić information content (AvgIpc) is 2.17. The highest BCUT2D eigenvalue weighted by molar-refractivity contribution is 5.78. The lowest BCUT2D eigenvalue weighted by Gasteiger charge is -2.04. The van der Waals surface area contributed by atoms with Gasteiger partial charge in [0, 0.05) is 6.42 Å². The Morgan fingerprint density at radius 3 is 2.07 bits per heavy atom. The summed E-state index contributed by atoms with van der Waals surface area (Å²) in [6.07, 6.45) is 0.473. The number of Topliss-reactive ketones (excluding diaryl/α,β-unsaturated/α-hetero) is 1. The molecule has 0 aliphatic heterocycles. The van der Waals surface area contributed by atoms with Gasteiger partial charge >= 0.3 is 0 Å². The first-order valence-electron chi connectivity index (χ1n) is 4.96. The summed E-state index contributed by atoms with van der Waals surface area (Å²) in [6.45, 7) is 5.12. The van der Waals surface area contributed by atoms with Crippen LogP contribution in [-0.2, 0) is 11.2 Å². The van der Waals surface area contributed by atoms with Crippen LogP contribution in [0.5, 0.6) is 0 Å². The van der Waals surface area contributed by atoms with Crippen LogP contribution in [0, 0.1) is 0 Å². The topological polar surface area (TPSA) is 37.3 Å². The summed E-state index contributed by atoms with van der Waals surface area (Å²) in [7, 11) is 0. The van der Waals surface area contributed by atoms with Crippen LogP contribution in [0.15, 0.2) is 30.0 Å². The first-order valence-corrected chi connectivity index (χ1v) is 4.96. The van der Waals surface area contributed by atoms with Crippen LogP contribution in [0.2, 0.25) is 0 Å². The highest BCUT2D eigenvalue weighted by atomic mass is 16.3. The van der Waals surface area contributed by atoms with Crippen molar-refractivity contribution in [1.82, 2.24) is 0 Å². The maximum absolute atomic E-state index is 10.9. The second-order valence-electron chi connectivity index (χ2n) is 3.79. The number of rotatable bonds is 3. The predicted octanol–water partition coefficient (Wildman–Crippen LogP) is 3.13. The van der Waals surface area contributed by atoms with Gasteiger partial charge in [0.2, 0.25) is 0 Å². The van der Waals surface area contributed by atoms with Gasteiger partial charge in [-0.15, -0.1) is 0 Å². The van der Waals surface area contributed by atoms with Crippen molar-refractivity contribution in [2.45, 2.75) is 27.2 Å². The van der Waals surface area contributed by atoms with E-state index < -0.39 is 0 Å². The molecule has 0 spiro atoms. The van der Waals surface area contributed by atoms with E-state index in [0.29, 0.717) is 12.2 Å². The summed E-state index contributed by atoms with van der Waals surface area (Å²) in [5.41, 5.74) is 2.86. The molecule has 0 atom stereocenters. The Balaban J connectivity index is 2.90. The van der Waals surface area contributed by atoms with Crippen molar-refractivity contribution < 1.29 is 9.90 Å². The Kier molecular flexibility index (Phi) is 3.67. The van der Waals surface area contributed by atoms with Gasteiger partial charge in [0.1, 0.15) is 5.78 Å². The van der Waals surface area contributed by atoms with Crippen molar-refractivity contribution in [3.05, 3.63) is 41.2 Å². The van der Waals surface area contributed by atoms with Crippen LogP contribution in [0.3, 0.4) is 0 Å². The lowest BCUT2D eigenvalue weighted by atomic mass is 10.0. The average molecular weight is 204 g/mol. The van der Waals surface area contributed by atoms with Crippen LogP contribution in [0.1, 0.15) is 31.9 Å². The largest absolute Gasteiger partial charge is 0.512 e. The Bertz CT molecular complexity index is 382. The van der Waals surface area contributed by atoms with E-state index in [0.717, 1.165) is 16.7 Å². The molecule has 15 heavy (non-hydrogen) atoms. The summed E-state index contributed by atoms with van der Waals surface area (Å²) in [6, 6.07) is 7.69. The molecular formula is C13H16O2. The van der Waals surface area contributed by atoms with Gasteiger partial charge in [0.25, 0.3) is 0 Å². The fourth-order valence-corrected chi connectivity index (χ4v) is 1.37. The molecule has 2 nitrogen and oxygen atoms in total. The van der Waals surface area contributed by atoms with Gasteiger partial charge in [-0.2, -0.15) is 0 Å². The number of carbonyl (C=O) groups is 1. The zero-order chi connectivity index (χ0) is 11.4. The van der Waals surface area contributed by atoms with Gasteiger partial charge < -0.3 is 5.11 Å². The van der Waals surface area contributed by atoms with E-state index in [1.807, 2.05) is 31.2 Å². The minimum Gasteiger partial charge on any atom is -0.512 e. The molecule has 0 fully saturated rings. The van der Waals surface area contributed by atoms with Crippen molar-refractivity contribution in [2.24, 2.45) is 0 Å². The van der Waals surface area contributed by atoms with Crippen molar-refractivity contribution in [3.63, 3.8) is 0 Å². The van der Waals surface area contributed by atoms with E-state index in [1.165, 1.54) is 0 Å². The molecule has 0 bridgehead atoms. The molecule has 0 heterocycles. The van der Waals surface area contributed by atoms with Gasteiger partial charge in [-0.3, -0.25) is 4.79 Å². The molecule has 80 valence electrons. The Hall–Kier alpha value is -1.57. The van der Waals surface area contributed by atoms with Gasteiger partial charge in [-0.1, -0.05) is 24.3 Å². The molecule has 0 aliphatic rings. The molecule has 1 N–H and O–H groups in total. The fourth-order valence-electron chi connectivity index (χ4n) is 1.37. The molecule has 1 aromatic carbocycles. The van der Waals surface area contributed by atoms with Crippen LogP contribution in [0.25, 0.3) is 5.57 Å². The number of aliphatic hydroxyl groups is 1. The lowest BCUT2D eigenvalue weighted by molar-refractivity contribution is -0.116. The van der Waals surface area contributed by atoms with Crippen LogP contribution in [-0.4, -0.2) is 10.9 Å². The molecule has 1 rings (SSSR count). The smallest absolute Gasteiger partial charge is 0.134 e. The number of hydrogen-bond acceptors (Lipinski definition) is 2. The molecule has 0 amide bonds. The highest BCUT2D eigenvalue weighted by Crippen LogP contribution is 2.17. The number of carbonyl (C=O) groups excluding carboxylic acids is 1. The zero-order valence-electron chi connectivity index (χ0n) is 9.37. The number of allylic oxidation sites excluding steroid dienone is 2. The van der Waals surface area contributed by atoms with Crippen molar-refractivity contribution >= 4 is 11.4 Å². The summed E-state index contributed by atoms with van der Waals surface area (Å²) in [4.78, 5) is 10.9. The Labute approximate surface area is 90.3 Å². The molecule has 0 aliphatic carbocycles. The minimum absolute atomic E-state index is 0.161. The maximum atomic E-state index is 10.9. The monoisotopic (exact) mass is 204 g/mol. The molecule has 0 aromatic heterocycles. The second-order valence-corrected chi connectivity index (χ2v) is 3.79. The van der Waals surface area contributed by atoms with Crippen LogP contribution < -0.4 is 0 Å².